The number of hydrogen-bond acceptors (Lipinski definition) is 1. The molecule has 0 heterocycles. The van der Waals surface area contributed by atoms with Gasteiger partial charge in [0.1, 0.15) is 0 Å². The Morgan fingerprint density at radius 1 is 0.923 bits per heavy atom. The molecule has 0 radical (unpaired) electrons. The van der Waals surface area contributed by atoms with Crippen molar-refractivity contribution in [2.75, 3.05) is 0 Å². The van der Waals surface area contributed by atoms with Crippen molar-refractivity contribution < 1.29 is 4.79 Å². The highest BCUT2D eigenvalue weighted by Gasteiger charge is 2.23. The highest BCUT2D eigenvalue weighted by atomic mass is 16.1. The molecule has 13 heavy (non-hydrogen) atoms. The first-order valence-electron chi connectivity index (χ1n) is 5.39. The molecule has 0 spiro atoms. The quantitative estimate of drug-likeness (QED) is 0.597. The zero-order chi connectivity index (χ0) is 10.6. The zero-order valence-corrected chi connectivity index (χ0v) is 9.92. The number of rotatable bonds is 5. The Morgan fingerprint density at radius 3 is 1.54 bits per heavy atom. The van der Waals surface area contributed by atoms with Gasteiger partial charge in [0.05, 0.1) is 5.68 Å². The summed E-state index contributed by atoms with van der Waals surface area (Å²) in [6, 6.07) is 0. The van der Waals surface area contributed by atoms with Crippen LogP contribution in [0.5, 0.6) is 0 Å². The first-order chi connectivity index (χ1) is 5.86. The molecule has 0 fully saturated rings. The van der Waals surface area contributed by atoms with Crippen molar-refractivity contribution in [2.45, 2.75) is 47.4 Å². The second kappa shape index (κ2) is 5.46. The van der Waals surface area contributed by atoms with Gasteiger partial charge in [-0.25, -0.2) is 0 Å². The van der Waals surface area contributed by atoms with Gasteiger partial charge in [-0.05, 0) is 0 Å². The van der Waals surface area contributed by atoms with E-state index in [1.165, 1.54) is 0 Å². The second-order valence-corrected chi connectivity index (χ2v) is 4.98. The van der Waals surface area contributed by atoms with Crippen LogP contribution < -0.4 is 0 Å². The third kappa shape index (κ3) is 4.49. The molecular formula is C11H23BO. The molecule has 2 heteroatoms. The van der Waals surface area contributed by atoms with Crippen LogP contribution in [0.3, 0.4) is 0 Å². The lowest BCUT2D eigenvalue weighted by Gasteiger charge is -2.23. The van der Waals surface area contributed by atoms with Gasteiger partial charge in [0, 0.05) is 5.92 Å². The minimum atomic E-state index is 0.194. The molecule has 0 aromatic rings. The van der Waals surface area contributed by atoms with E-state index in [9.17, 15) is 4.79 Å². The zero-order valence-electron chi connectivity index (χ0n) is 9.92. The number of hydrogen-bond donors (Lipinski definition) is 0. The molecule has 0 unspecified atom stereocenters. The first-order valence-corrected chi connectivity index (χ1v) is 5.39. The Labute approximate surface area is 83.5 Å². The molecular weight excluding hydrogens is 159 g/mol. The fourth-order valence-electron chi connectivity index (χ4n) is 1.71. The van der Waals surface area contributed by atoms with Gasteiger partial charge in [-0.1, -0.05) is 59.2 Å². The van der Waals surface area contributed by atoms with E-state index in [0.29, 0.717) is 23.3 Å². The molecule has 0 saturated heterocycles. The third-order valence-corrected chi connectivity index (χ3v) is 2.79. The average molecular weight is 182 g/mol. The van der Waals surface area contributed by atoms with E-state index < -0.39 is 0 Å². The Morgan fingerprint density at radius 2 is 1.31 bits per heavy atom. The summed E-state index contributed by atoms with van der Waals surface area (Å²) in [7, 11) is 0.757. The summed E-state index contributed by atoms with van der Waals surface area (Å²) in [6.45, 7) is 12.8. The van der Waals surface area contributed by atoms with Gasteiger partial charge in [0.2, 0.25) is 7.28 Å². The SMILES string of the molecule is CC(C)C(=O)BC(C(C)C)C(C)C. The molecule has 0 aromatic carbocycles. The van der Waals surface area contributed by atoms with Gasteiger partial charge >= 0.3 is 0 Å². The Kier molecular flexibility index (Phi) is 5.35. The van der Waals surface area contributed by atoms with Gasteiger partial charge in [-0.15, -0.1) is 0 Å². The van der Waals surface area contributed by atoms with E-state index in [2.05, 4.69) is 27.7 Å². The fourth-order valence-corrected chi connectivity index (χ4v) is 1.71. The lowest BCUT2D eigenvalue weighted by atomic mass is 9.51. The van der Waals surface area contributed by atoms with Crippen LogP contribution in [0, 0.1) is 17.8 Å². The molecule has 0 rings (SSSR count). The highest BCUT2D eigenvalue weighted by molar-refractivity contribution is 6.75. The minimum absolute atomic E-state index is 0.194. The minimum Gasteiger partial charge on any atom is -0.311 e. The van der Waals surface area contributed by atoms with Crippen molar-refractivity contribution in [1.29, 1.82) is 0 Å². The molecule has 0 aromatic heterocycles. The fraction of sp³-hybridized carbons (Fsp3) is 0.909. The van der Waals surface area contributed by atoms with E-state index in [4.69, 9.17) is 0 Å². The van der Waals surface area contributed by atoms with Gasteiger partial charge in [-0.2, -0.15) is 0 Å². The van der Waals surface area contributed by atoms with Crippen LogP contribution in [0.25, 0.3) is 0 Å². The summed E-state index contributed by atoms with van der Waals surface area (Å²) in [5.41, 5.74) is 0.410. The van der Waals surface area contributed by atoms with E-state index in [-0.39, 0.29) is 5.92 Å². The number of carbonyl (C=O) groups excluding carboxylic acids is 1. The summed E-state index contributed by atoms with van der Waals surface area (Å²) in [6.07, 6.45) is 0. The Bertz CT molecular complexity index is 153. The molecule has 0 atom stereocenters. The number of carbonyl (C=O) groups is 1. The molecule has 0 aliphatic heterocycles. The molecule has 0 saturated carbocycles. The summed E-state index contributed by atoms with van der Waals surface area (Å²) in [5, 5.41) is 0. The topological polar surface area (TPSA) is 17.1 Å². The van der Waals surface area contributed by atoms with Gasteiger partial charge in [0.25, 0.3) is 0 Å². The summed E-state index contributed by atoms with van der Waals surface area (Å²) in [4.78, 5) is 11.6. The maximum atomic E-state index is 11.6. The Hall–Kier alpha value is -0.265. The van der Waals surface area contributed by atoms with Crippen LogP contribution in [-0.2, 0) is 4.79 Å². The standard InChI is InChI=1S/C11H23BO/c1-7(2)10(8(3)4)12-11(13)9(5)6/h7-10,12H,1-6H3. The lowest BCUT2D eigenvalue weighted by Crippen LogP contribution is -2.26. The lowest BCUT2D eigenvalue weighted by molar-refractivity contribution is -0.114. The molecule has 0 aliphatic carbocycles. The third-order valence-electron chi connectivity index (χ3n) is 2.79. The summed E-state index contributed by atoms with van der Waals surface area (Å²) >= 11 is 0. The second-order valence-electron chi connectivity index (χ2n) is 4.98. The molecule has 0 aliphatic rings. The van der Waals surface area contributed by atoms with Crippen molar-refractivity contribution in [1.82, 2.24) is 0 Å². The average Bonchev–Trinajstić information content (AvgIpc) is 1.97. The van der Waals surface area contributed by atoms with E-state index >= 15 is 0 Å². The van der Waals surface area contributed by atoms with Gasteiger partial charge in [-0.3, -0.25) is 0 Å². The van der Waals surface area contributed by atoms with Gasteiger partial charge in [0.15, 0.2) is 0 Å². The van der Waals surface area contributed by atoms with Crippen molar-refractivity contribution >= 4 is 13.0 Å². The largest absolute Gasteiger partial charge is 0.311 e. The molecule has 1 nitrogen and oxygen atoms in total. The van der Waals surface area contributed by atoms with Crippen LogP contribution in [0.1, 0.15) is 41.5 Å². The van der Waals surface area contributed by atoms with Crippen molar-refractivity contribution in [3.05, 3.63) is 0 Å². The molecule has 0 amide bonds. The van der Waals surface area contributed by atoms with Gasteiger partial charge < -0.3 is 4.79 Å². The van der Waals surface area contributed by atoms with Crippen LogP contribution in [0.4, 0.5) is 0 Å². The summed E-state index contributed by atoms with van der Waals surface area (Å²) < 4.78 is 0. The maximum absolute atomic E-state index is 11.6. The van der Waals surface area contributed by atoms with Crippen molar-refractivity contribution in [3.8, 4) is 0 Å². The highest BCUT2D eigenvalue weighted by Crippen LogP contribution is 2.26. The van der Waals surface area contributed by atoms with E-state index in [1.54, 1.807) is 0 Å². The van der Waals surface area contributed by atoms with Crippen molar-refractivity contribution in [2.24, 2.45) is 17.8 Å². The van der Waals surface area contributed by atoms with Crippen LogP contribution in [-0.4, -0.2) is 13.0 Å². The normalized spacial score (nSPS) is 11.8. The molecule has 0 bridgehead atoms. The van der Waals surface area contributed by atoms with E-state index in [0.717, 1.165) is 7.28 Å². The van der Waals surface area contributed by atoms with Crippen molar-refractivity contribution in [3.63, 3.8) is 0 Å². The molecule has 0 N–H and O–H groups in total. The van der Waals surface area contributed by atoms with Crippen LogP contribution >= 0.6 is 0 Å². The van der Waals surface area contributed by atoms with E-state index in [1.807, 2.05) is 13.8 Å². The van der Waals surface area contributed by atoms with Crippen LogP contribution in [0.15, 0.2) is 0 Å². The predicted molar refractivity (Wildman–Crippen MR) is 60.4 cm³/mol. The smallest absolute Gasteiger partial charge is 0.209 e. The summed E-state index contributed by atoms with van der Waals surface area (Å²) in [5.74, 6) is 1.97. The molecule has 76 valence electrons. The maximum Gasteiger partial charge on any atom is 0.209 e. The Balaban J connectivity index is 4.19. The van der Waals surface area contributed by atoms with Crippen LogP contribution in [0.2, 0.25) is 5.82 Å². The first kappa shape index (κ1) is 12.7. The predicted octanol–water partition coefficient (Wildman–Crippen LogP) is 2.71. The monoisotopic (exact) mass is 182 g/mol.